The molecule has 2 aromatic rings. The second-order valence-electron chi connectivity index (χ2n) is 4.50. The number of halogens is 1. The summed E-state index contributed by atoms with van der Waals surface area (Å²) in [4.78, 5) is 9.78. The Morgan fingerprint density at radius 1 is 1.09 bits per heavy atom. The van der Waals surface area contributed by atoms with Gasteiger partial charge >= 0.3 is 0 Å². The summed E-state index contributed by atoms with van der Waals surface area (Å²) in [7, 11) is -4.08. The highest BCUT2D eigenvalue weighted by Crippen LogP contribution is 2.23. The molecule has 0 amide bonds. The molecule has 0 aliphatic heterocycles. The van der Waals surface area contributed by atoms with Crippen molar-refractivity contribution in [3.8, 4) is 0 Å². The van der Waals surface area contributed by atoms with Gasteiger partial charge in [0.25, 0.3) is 5.69 Å². The number of hydrogen-bond acceptors (Lipinski definition) is 4. The van der Waals surface area contributed by atoms with Gasteiger partial charge in [-0.3, -0.25) is 10.1 Å². The third-order valence-electron chi connectivity index (χ3n) is 2.89. The van der Waals surface area contributed by atoms with Crippen molar-refractivity contribution in [2.24, 2.45) is 0 Å². The molecule has 0 spiro atoms. The van der Waals surface area contributed by atoms with Gasteiger partial charge in [0.15, 0.2) is 4.90 Å². The molecule has 2 aromatic carbocycles. The van der Waals surface area contributed by atoms with Crippen LogP contribution in [0.2, 0.25) is 0 Å². The third-order valence-corrected chi connectivity index (χ3v) is 4.80. The molecule has 0 saturated carbocycles. The highest BCUT2D eigenvalue weighted by molar-refractivity contribution is 7.89. The second kappa shape index (κ2) is 6.87. The Morgan fingerprint density at radius 3 is 2.32 bits per heavy atom. The number of nitrogens with one attached hydrogen (secondary N) is 1. The zero-order valence-corrected chi connectivity index (χ0v) is 12.9. The lowest BCUT2D eigenvalue weighted by atomic mass is 10.2. The van der Waals surface area contributed by atoms with E-state index in [1.54, 1.807) is 0 Å². The van der Waals surface area contributed by atoms with Gasteiger partial charge in [0.05, 0.1) is 4.92 Å². The highest BCUT2D eigenvalue weighted by atomic mass is 35.5. The summed E-state index contributed by atoms with van der Waals surface area (Å²) in [6, 6.07) is 14.2. The summed E-state index contributed by atoms with van der Waals surface area (Å²) >= 11 is 6.02. The van der Waals surface area contributed by atoms with Crippen molar-refractivity contribution < 1.29 is 13.3 Å². The number of alkyl halides is 1. The van der Waals surface area contributed by atoms with Gasteiger partial charge in [-0.05, 0) is 11.6 Å². The molecule has 1 N–H and O–H groups in total. The van der Waals surface area contributed by atoms with Gasteiger partial charge in [-0.15, -0.1) is 11.6 Å². The normalized spacial score (nSPS) is 12.8. The van der Waals surface area contributed by atoms with Crippen LogP contribution in [0.5, 0.6) is 0 Å². The molecule has 1 unspecified atom stereocenters. The van der Waals surface area contributed by atoms with E-state index in [0.717, 1.165) is 11.6 Å². The lowest BCUT2D eigenvalue weighted by molar-refractivity contribution is -0.387. The van der Waals surface area contributed by atoms with Crippen LogP contribution in [0.3, 0.4) is 0 Å². The minimum Gasteiger partial charge on any atom is -0.258 e. The van der Waals surface area contributed by atoms with Crippen LogP contribution >= 0.6 is 11.6 Å². The topological polar surface area (TPSA) is 89.3 Å². The second-order valence-corrected chi connectivity index (χ2v) is 6.71. The van der Waals surface area contributed by atoms with Crippen LogP contribution in [-0.4, -0.2) is 18.8 Å². The van der Waals surface area contributed by atoms with Crippen molar-refractivity contribution in [1.29, 1.82) is 0 Å². The van der Waals surface area contributed by atoms with E-state index in [0.29, 0.717) is 0 Å². The molecule has 8 heteroatoms. The Kier molecular flexibility index (Phi) is 5.12. The molecule has 0 aromatic heterocycles. The van der Waals surface area contributed by atoms with E-state index >= 15 is 0 Å². The van der Waals surface area contributed by atoms with Gasteiger partial charge in [0.2, 0.25) is 10.0 Å². The molecule has 116 valence electrons. The van der Waals surface area contributed by atoms with Crippen molar-refractivity contribution in [3.05, 3.63) is 70.3 Å². The Bertz CT molecular complexity index is 765. The maximum Gasteiger partial charge on any atom is 0.289 e. The minimum absolute atomic E-state index is 0.266. The van der Waals surface area contributed by atoms with Crippen LogP contribution in [0, 0.1) is 10.1 Å². The smallest absolute Gasteiger partial charge is 0.258 e. The lowest BCUT2D eigenvalue weighted by Gasteiger charge is -2.12. The van der Waals surface area contributed by atoms with E-state index in [1.807, 2.05) is 30.3 Å². The van der Waals surface area contributed by atoms with E-state index in [-0.39, 0.29) is 6.42 Å². The maximum absolute atomic E-state index is 12.3. The first-order valence-electron chi connectivity index (χ1n) is 6.34. The number of nitrogens with zero attached hydrogens (tertiary/aromatic N) is 1. The van der Waals surface area contributed by atoms with Crippen LogP contribution < -0.4 is 4.72 Å². The number of nitro benzene ring substituents is 1. The SMILES string of the molecule is O=[N+]([O-])c1ccccc1S(=O)(=O)NC(Cl)Cc1ccccc1. The molecule has 6 nitrogen and oxygen atoms in total. The molecule has 1 atom stereocenters. The summed E-state index contributed by atoms with van der Waals surface area (Å²) in [5.74, 6) is 0. The molecule has 0 aliphatic carbocycles. The van der Waals surface area contributed by atoms with E-state index in [9.17, 15) is 18.5 Å². The molecular weight excluding hydrogens is 328 g/mol. The Labute approximate surface area is 132 Å². The van der Waals surface area contributed by atoms with Crippen molar-refractivity contribution >= 4 is 27.3 Å². The lowest BCUT2D eigenvalue weighted by Crippen LogP contribution is -2.32. The van der Waals surface area contributed by atoms with Gasteiger partial charge in [-0.1, -0.05) is 42.5 Å². The molecule has 2 rings (SSSR count). The Balaban J connectivity index is 2.19. The van der Waals surface area contributed by atoms with Crippen molar-refractivity contribution in [2.75, 3.05) is 0 Å². The zero-order valence-electron chi connectivity index (χ0n) is 11.3. The zero-order chi connectivity index (χ0) is 16.2. The van der Waals surface area contributed by atoms with Crippen LogP contribution in [0.25, 0.3) is 0 Å². The first-order chi connectivity index (χ1) is 10.4. The number of sulfonamides is 1. The first-order valence-corrected chi connectivity index (χ1v) is 8.26. The largest absolute Gasteiger partial charge is 0.289 e. The highest BCUT2D eigenvalue weighted by Gasteiger charge is 2.27. The number of nitro groups is 1. The Morgan fingerprint density at radius 2 is 1.68 bits per heavy atom. The summed E-state index contributed by atoms with van der Waals surface area (Å²) in [6.07, 6.45) is 0.266. The fourth-order valence-electron chi connectivity index (χ4n) is 1.93. The maximum atomic E-state index is 12.3. The van der Waals surface area contributed by atoms with Crippen molar-refractivity contribution in [2.45, 2.75) is 16.8 Å². The monoisotopic (exact) mass is 340 g/mol. The molecule has 0 fully saturated rings. The summed E-state index contributed by atoms with van der Waals surface area (Å²) in [5, 5.41) is 10.9. The fraction of sp³-hybridized carbons (Fsp3) is 0.143. The third kappa shape index (κ3) is 4.03. The van der Waals surface area contributed by atoms with E-state index < -0.39 is 31.0 Å². The Hall–Kier alpha value is -1.96. The summed E-state index contributed by atoms with van der Waals surface area (Å²) < 4.78 is 26.8. The van der Waals surface area contributed by atoms with Gasteiger partial charge < -0.3 is 0 Å². The molecular formula is C14H13ClN2O4S. The van der Waals surface area contributed by atoms with Crippen LogP contribution in [0.15, 0.2) is 59.5 Å². The standard InChI is InChI=1S/C14H13ClN2O4S/c15-14(10-11-6-2-1-3-7-11)16-22(20,21)13-9-5-4-8-12(13)17(18)19/h1-9,14,16H,10H2. The minimum atomic E-state index is -4.08. The van der Waals surface area contributed by atoms with Crippen molar-refractivity contribution in [3.63, 3.8) is 0 Å². The number of rotatable bonds is 6. The van der Waals surface area contributed by atoms with E-state index in [4.69, 9.17) is 11.6 Å². The predicted octanol–water partition coefficient (Wildman–Crippen LogP) is 2.68. The van der Waals surface area contributed by atoms with E-state index in [1.165, 1.54) is 18.2 Å². The van der Waals surface area contributed by atoms with Gasteiger partial charge in [-0.25, -0.2) is 8.42 Å². The van der Waals surface area contributed by atoms with Gasteiger partial charge in [-0.2, -0.15) is 4.72 Å². The van der Waals surface area contributed by atoms with Crippen molar-refractivity contribution in [1.82, 2.24) is 4.72 Å². The molecule has 0 saturated heterocycles. The number of benzene rings is 2. The molecule has 0 heterocycles. The quantitative estimate of drug-likeness (QED) is 0.379. The van der Waals surface area contributed by atoms with E-state index in [2.05, 4.69) is 4.72 Å². The first kappa shape index (κ1) is 16.4. The summed E-state index contributed by atoms with van der Waals surface area (Å²) in [5.41, 5.74) is -0.543. The predicted molar refractivity (Wildman–Crippen MR) is 83.2 cm³/mol. The molecule has 0 radical (unpaired) electrons. The van der Waals surface area contributed by atoms with Crippen LogP contribution in [0.1, 0.15) is 5.56 Å². The average Bonchev–Trinajstić information content (AvgIpc) is 2.47. The van der Waals surface area contributed by atoms with Gasteiger partial charge in [0.1, 0.15) is 5.50 Å². The summed E-state index contributed by atoms with van der Waals surface area (Å²) in [6.45, 7) is 0. The average molecular weight is 341 g/mol. The number of para-hydroxylation sites is 1. The molecule has 22 heavy (non-hydrogen) atoms. The molecule has 0 bridgehead atoms. The molecule has 0 aliphatic rings. The van der Waals surface area contributed by atoms with Gasteiger partial charge in [0, 0.05) is 12.5 Å². The fourth-order valence-corrected chi connectivity index (χ4v) is 3.68. The van der Waals surface area contributed by atoms with Crippen LogP contribution in [-0.2, 0) is 16.4 Å². The van der Waals surface area contributed by atoms with Crippen LogP contribution in [0.4, 0.5) is 5.69 Å². The number of hydrogen-bond donors (Lipinski definition) is 1.